The van der Waals surface area contributed by atoms with Crippen molar-refractivity contribution < 1.29 is 22.3 Å². The van der Waals surface area contributed by atoms with E-state index in [1.54, 1.807) is 30.3 Å². The summed E-state index contributed by atoms with van der Waals surface area (Å²) in [6.07, 6.45) is 2.65. The van der Waals surface area contributed by atoms with Crippen LogP contribution < -0.4 is 5.32 Å². The number of ether oxygens (including phenoxy) is 1. The van der Waals surface area contributed by atoms with Gasteiger partial charge in [-0.2, -0.15) is 4.31 Å². The van der Waals surface area contributed by atoms with Gasteiger partial charge in [0.2, 0.25) is 10.0 Å². The number of thiophene rings is 1. The van der Waals surface area contributed by atoms with Crippen molar-refractivity contribution >= 4 is 43.0 Å². The molecule has 1 aliphatic heterocycles. The van der Waals surface area contributed by atoms with Crippen LogP contribution in [0.5, 0.6) is 0 Å². The number of benzene rings is 2. The Labute approximate surface area is 184 Å². The molecule has 1 N–H and O–H groups in total. The number of sulfonamides is 1. The Morgan fingerprint density at radius 2 is 1.87 bits per heavy atom. The first-order chi connectivity index (χ1) is 14.9. The van der Waals surface area contributed by atoms with Crippen molar-refractivity contribution in [3.63, 3.8) is 0 Å². The molecule has 3 aromatic rings. The van der Waals surface area contributed by atoms with Crippen LogP contribution >= 0.6 is 11.3 Å². The molecular weight excluding hydrogens is 439 g/mol. The first-order valence-electron chi connectivity index (χ1n) is 10.0. The number of piperidine rings is 1. The Morgan fingerprint density at radius 1 is 1.13 bits per heavy atom. The largest absolute Gasteiger partial charge is 0.380 e. The molecule has 0 atom stereocenters. The predicted molar refractivity (Wildman–Crippen MR) is 120 cm³/mol. The number of carbonyl (C=O) groups is 1. The third kappa shape index (κ3) is 4.23. The van der Waals surface area contributed by atoms with E-state index in [-0.39, 0.29) is 17.2 Å². The molecule has 31 heavy (non-hydrogen) atoms. The molecule has 6 nitrogen and oxygen atoms in total. The monoisotopic (exact) mass is 462 g/mol. The Hall–Kier alpha value is -2.33. The first kappa shape index (κ1) is 21.9. The van der Waals surface area contributed by atoms with Gasteiger partial charge in [-0.05, 0) is 37.1 Å². The number of halogens is 1. The van der Waals surface area contributed by atoms with E-state index in [2.05, 4.69) is 5.32 Å². The summed E-state index contributed by atoms with van der Waals surface area (Å²) in [5, 5.41) is 3.09. The molecule has 0 aliphatic carbocycles. The highest BCUT2D eigenvalue weighted by atomic mass is 32.2. The van der Waals surface area contributed by atoms with Crippen molar-refractivity contribution in [1.82, 2.24) is 4.31 Å². The van der Waals surface area contributed by atoms with Gasteiger partial charge in [-0.3, -0.25) is 4.79 Å². The molecule has 4 rings (SSSR count). The second kappa shape index (κ2) is 9.04. The maximum atomic E-state index is 14.4. The highest BCUT2D eigenvalue weighted by molar-refractivity contribution is 7.89. The molecule has 2 heterocycles. The zero-order chi connectivity index (χ0) is 22.0. The number of amides is 1. The van der Waals surface area contributed by atoms with Crippen LogP contribution in [-0.4, -0.2) is 38.8 Å². The van der Waals surface area contributed by atoms with Gasteiger partial charge in [0.1, 0.15) is 10.7 Å². The van der Waals surface area contributed by atoms with E-state index in [1.807, 2.05) is 0 Å². The summed E-state index contributed by atoms with van der Waals surface area (Å²) < 4.78 is 48.1. The molecule has 0 radical (unpaired) electrons. The lowest BCUT2D eigenvalue weighted by atomic mass is 10.1. The molecule has 0 unspecified atom stereocenters. The standard InChI is InChI=1S/C22H23FN2O4S2/c1-29-14-15-20-16(23)8-7-10-18(20)30-21(15)22(26)24-17-9-3-4-11-19(17)31(27,28)25-12-5-2-6-13-25/h3-4,7-11H,2,5-6,12-14H2,1H3,(H,24,26). The van der Waals surface area contributed by atoms with E-state index in [9.17, 15) is 17.6 Å². The van der Waals surface area contributed by atoms with Crippen LogP contribution in [0.15, 0.2) is 47.4 Å². The van der Waals surface area contributed by atoms with Crippen LogP contribution in [0.2, 0.25) is 0 Å². The van der Waals surface area contributed by atoms with Crippen LogP contribution in [0.25, 0.3) is 10.1 Å². The Bertz CT molecular complexity index is 1220. The van der Waals surface area contributed by atoms with Gasteiger partial charge in [0.05, 0.1) is 17.2 Å². The van der Waals surface area contributed by atoms with Gasteiger partial charge < -0.3 is 10.1 Å². The number of nitrogens with one attached hydrogen (secondary N) is 1. The van der Waals surface area contributed by atoms with Crippen LogP contribution in [0.3, 0.4) is 0 Å². The molecule has 1 saturated heterocycles. The number of anilines is 1. The molecule has 0 bridgehead atoms. The molecule has 0 saturated carbocycles. The smallest absolute Gasteiger partial charge is 0.266 e. The molecule has 164 valence electrons. The maximum Gasteiger partial charge on any atom is 0.266 e. The van der Waals surface area contributed by atoms with Crippen LogP contribution in [0.1, 0.15) is 34.5 Å². The zero-order valence-corrected chi connectivity index (χ0v) is 18.7. The minimum Gasteiger partial charge on any atom is -0.380 e. The van der Waals surface area contributed by atoms with E-state index >= 15 is 0 Å². The van der Waals surface area contributed by atoms with E-state index in [1.165, 1.54) is 23.5 Å². The number of methoxy groups -OCH3 is 1. The topological polar surface area (TPSA) is 75.7 Å². The fourth-order valence-corrected chi connectivity index (χ4v) is 6.63. The quantitative estimate of drug-likeness (QED) is 0.580. The zero-order valence-electron chi connectivity index (χ0n) is 17.1. The summed E-state index contributed by atoms with van der Waals surface area (Å²) in [5.74, 6) is -0.915. The van der Waals surface area contributed by atoms with Gasteiger partial charge in [-0.1, -0.05) is 24.6 Å². The normalized spacial score (nSPS) is 15.3. The van der Waals surface area contributed by atoms with Gasteiger partial charge in [-0.15, -0.1) is 11.3 Å². The Kier molecular flexibility index (Phi) is 6.38. The maximum absolute atomic E-state index is 14.4. The molecule has 1 aromatic heterocycles. The van der Waals surface area contributed by atoms with Gasteiger partial charge >= 0.3 is 0 Å². The summed E-state index contributed by atoms with van der Waals surface area (Å²) in [6, 6.07) is 11.1. The van der Waals surface area contributed by atoms with Crippen LogP contribution in [-0.2, 0) is 21.4 Å². The molecule has 1 fully saturated rings. The number of hydrogen-bond donors (Lipinski definition) is 1. The highest BCUT2D eigenvalue weighted by Gasteiger charge is 2.29. The van der Waals surface area contributed by atoms with Gasteiger partial charge in [0.25, 0.3) is 5.91 Å². The second-order valence-electron chi connectivity index (χ2n) is 7.37. The summed E-state index contributed by atoms with van der Waals surface area (Å²) in [5.41, 5.74) is 0.661. The average Bonchev–Trinajstić information content (AvgIpc) is 3.15. The highest BCUT2D eigenvalue weighted by Crippen LogP contribution is 2.35. The van der Waals surface area contributed by atoms with Crippen molar-refractivity contribution in [2.45, 2.75) is 30.8 Å². The third-order valence-electron chi connectivity index (χ3n) is 5.33. The molecule has 9 heteroatoms. The van der Waals surface area contributed by atoms with E-state index in [4.69, 9.17) is 4.74 Å². The second-order valence-corrected chi connectivity index (χ2v) is 10.3. The van der Waals surface area contributed by atoms with Gasteiger partial charge in [-0.25, -0.2) is 12.8 Å². The minimum atomic E-state index is -3.73. The number of fused-ring (bicyclic) bond motifs is 1. The number of nitrogens with zero attached hydrogens (tertiary/aromatic N) is 1. The Balaban J connectivity index is 1.71. The number of carbonyl (C=O) groups excluding carboxylic acids is 1. The fourth-order valence-electron chi connectivity index (χ4n) is 3.85. The van der Waals surface area contributed by atoms with E-state index < -0.39 is 21.7 Å². The summed E-state index contributed by atoms with van der Waals surface area (Å²) in [6.45, 7) is 1.01. The summed E-state index contributed by atoms with van der Waals surface area (Å²) in [4.78, 5) is 13.5. The van der Waals surface area contributed by atoms with Gasteiger partial charge in [0, 0.05) is 35.8 Å². The van der Waals surface area contributed by atoms with Gasteiger partial charge in [0.15, 0.2) is 0 Å². The van der Waals surface area contributed by atoms with E-state index in [0.29, 0.717) is 33.6 Å². The lowest BCUT2D eigenvalue weighted by Crippen LogP contribution is -2.36. The number of hydrogen-bond acceptors (Lipinski definition) is 5. The first-order valence-corrected chi connectivity index (χ1v) is 12.3. The van der Waals surface area contributed by atoms with Crippen molar-refractivity contribution in [2.24, 2.45) is 0 Å². The molecule has 2 aromatic carbocycles. The van der Waals surface area contributed by atoms with Crippen molar-refractivity contribution in [1.29, 1.82) is 0 Å². The minimum absolute atomic E-state index is 0.0610. The molecular formula is C22H23FN2O4S2. The third-order valence-corrected chi connectivity index (χ3v) is 8.48. The molecule has 1 aliphatic rings. The molecule has 1 amide bonds. The average molecular weight is 463 g/mol. The summed E-state index contributed by atoms with van der Waals surface area (Å²) >= 11 is 1.15. The fraction of sp³-hybridized carbons (Fsp3) is 0.318. The number of para-hydroxylation sites is 1. The van der Waals surface area contributed by atoms with Crippen LogP contribution in [0, 0.1) is 5.82 Å². The van der Waals surface area contributed by atoms with E-state index in [0.717, 1.165) is 30.6 Å². The lowest BCUT2D eigenvalue weighted by molar-refractivity contribution is 0.102. The lowest BCUT2D eigenvalue weighted by Gasteiger charge is -2.26. The molecule has 0 spiro atoms. The SMILES string of the molecule is COCc1c(C(=O)Nc2ccccc2S(=O)(=O)N2CCCCC2)sc2cccc(F)c12. The Morgan fingerprint density at radius 3 is 2.61 bits per heavy atom. The van der Waals surface area contributed by atoms with Crippen molar-refractivity contribution in [2.75, 3.05) is 25.5 Å². The van der Waals surface area contributed by atoms with Crippen molar-refractivity contribution in [3.8, 4) is 0 Å². The summed E-state index contributed by atoms with van der Waals surface area (Å²) in [7, 11) is -2.26. The predicted octanol–water partition coefficient (Wildman–Crippen LogP) is 4.61. The van der Waals surface area contributed by atoms with Crippen LogP contribution in [0.4, 0.5) is 10.1 Å². The number of rotatable bonds is 6. The van der Waals surface area contributed by atoms with Crippen molar-refractivity contribution in [3.05, 3.63) is 58.7 Å².